The van der Waals surface area contributed by atoms with E-state index in [2.05, 4.69) is 5.32 Å². The van der Waals surface area contributed by atoms with Crippen LogP contribution in [0.5, 0.6) is 0 Å². The molecule has 0 aliphatic carbocycles. The average molecular weight is 272 g/mol. The molecule has 3 N–H and O–H groups in total. The van der Waals surface area contributed by atoms with Crippen molar-refractivity contribution in [1.29, 1.82) is 0 Å². The lowest BCUT2D eigenvalue weighted by Gasteiger charge is -2.19. The van der Waals surface area contributed by atoms with Crippen molar-refractivity contribution >= 4 is 11.6 Å². The Morgan fingerprint density at radius 2 is 1.85 bits per heavy atom. The lowest BCUT2D eigenvalue weighted by Crippen LogP contribution is -2.28. The summed E-state index contributed by atoms with van der Waals surface area (Å²) in [7, 11) is 0. The summed E-state index contributed by atoms with van der Waals surface area (Å²) in [5.74, 6) is -0.892. The molecule has 0 aliphatic rings. The van der Waals surface area contributed by atoms with Gasteiger partial charge in [-0.15, -0.1) is 0 Å². The van der Waals surface area contributed by atoms with Crippen molar-refractivity contribution < 1.29 is 9.18 Å². The maximum absolute atomic E-state index is 13.6. The molecule has 0 saturated heterocycles. The number of halogens is 1. The highest BCUT2D eigenvalue weighted by molar-refractivity contribution is 5.84. The van der Waals surface area contributed by atoms with Crippen LogP contribution in [0.2, 0.25) is 0 Å². The highest BCUT2D eigenvalue weighted by Crippen LogP contribution is 2.23. The van der Waals surface area contributed by atoms with Crippen LogP contribution < -0.4 is 11.1 Å². The van der Waals surface area contributed by atoms with Crippen molar-refractivity contribution in [3.05, 3.63) is 65.0 Å². The number of para-hydroxylation sites is 1. The van der Waals surface area contributed by atoms with E-state index in [4.69, 9.17) is 5.73 Å². The molecule has 4 heteroatoms. The van der Waals surface area contributed by atoms with Gasteiger partial charge in [-0.1, -0.05) is 30.3 Å². The van der Waals surface area contributed by atoms with Gasteiger partial charge in [-0.3, -0.25) is 4.79 Å². The maximum Gasteiger partial charge on any atom is 0.244 e. The van der Waals surface area contributed by atoms with Crippen molar-refractivity contribution in [2.24, 2.45) is 5.73 Å². The Labute approximate surface area is 117 Å². The predicted octanol–water partition coefficient (Wildman–Crippen LogP) is 3.08. The van der Waals surface area contributed by atoms with Crippen LogP contribution in [-0.4, -0.2) is 5.91 Å². The van der Waals surface area contributed by atoms with Crippen LogP contribution in [0.3, 0.4) is 0 Å². The number of rotatable bonds is 4. The summed E-state index contributed by atoms with van der Waals surface area (Å²) in [5, 5.41) is 3.07. The summed E-state index contributed by atoms with van der Waals surface area (Å²) in [4.78, 5) is 11.6. The van der Waals surface area contributed by atoms with Gasteiger partial charge in [-0.05, 0) is 42.7 Å². The molecule has 104 valence electrons. The molecule has 0 heterocycles. The molecule has 0 saturated carbocycles. The molecular formula is C16H17FN2O. The Kier molecular flexibility index (Phi) is 4.03. The van der Waals surface area contributed by atoms with E-state index >= 15 is 0 Å². The largest absolute Gasteiger partial charge is 0.370 e. The number of hydrogen-bond acceptors (Lipinski definition) is 2. The Balaban J connectivity index is 2.34. The molecule has 1 unspecified atom stereocenters. The van der Waals surface area contributed by atoms with Gasteiger partial charge in [-0.2, -0.15) is 0 Å². The third-order valence-corrected chi connectivity index (χ3v) is 3.26. The van der Waals surface area contributed by atoms with Gasteiger partial charge in [0.15, 0.2) is 0 Å². The molecule has 0 fully saturated rings. The first-order chi connectivity index (χ1) is 9.49. The highest BCUT2D eigenvalue weighted by Gasteiger charge is 2.19. The summed E-state index contributed by atoms with van der Waals surface area (Å²) >= 11 is 0. The highest BCUT2D eigenvalue weighted by atomic mass is 19.1. The van der Waals surface area contributed by atoms with Gasteiger partial charge in [0.25, 0.3) is 0 Å². The minimum absolute atomic E-state index is 0.347. The van der Waals surface area contributed by atoms with E-state index in [1.54, 1.807) is 19.1 Å². The Bertz CT molecular complexity index is 640. The van der Waals surface area contributed by atoms with Crippen LogP contribution in [0, 0.1) is 19.7 Å². The second kappa shape index (κ2) is 5.74. The number of amides is 1. The van der Waals surface area contributed by atoms with Crippen LogP contribution >= 0.6 is 0 Å². The first-order valence-corrected chi connectivity index (χ1v) is 6.36. The SMILES string of the molecule is Cc1ccc(C(Nc2ccccc2C)C(N)=O)cc1F. The van der Waals surface area contributed by atoms with E-state index in [9.17, 15) is 9.18 Å². The van der Waals surface area contributed by atoms with E-state index in [0.717, 1.165) is 11.3 Å². The minimum atomic E-state index is -0.758. The van der Waals surface area contributed by atoms with Crippen LogP contribution in [0.1, 0.15) is 22.7 Å². The van der Waals surface area contributed by atoms with Crippen molar-refractivity contribution in [3.8, 4) is 0 Å². The Morgan fingerprint density at radius 1 is 1.15 bits per heavy atom. The molecule has 20 heavy (non-hydrogen) atoms. The quantitative estimate of drug-likeness (QED) is 0.898. The first kappa shape index (κ1) is 14.1. The van der Waals surface area contributed by atoms with Crippen LogP contribution in [0.25, 0.3) is 0 Å². The zero-order chi connectivity index (χ0) is 14.7. The fraction of sp³-hybridized carbons (Fsp3) is 0.188. The molecule has 0 aromatic heterocycles. The first-order valence-electron chi connectivity index (χ1n) is 6.36. The summed E-state index contributed by atoms with van der Waals surface area (Å²) < 4.78 is 13.6. The fourth-order valence-electron chi connectivity index (χ4n) is 2.00. The van der Waals surface area contributed by atoms with E-state index in [-0.39, 0.29) is 5.82 Å². The third kappa shape index (κ3) is 2.96. The predicted molar refractivity (Wildman–Crippen MR) is 77.9 cm³/mol. The average Bonchev–Trinajstić information content (AvgIpc) is 2.41. The van der Waals surface area contributed by atoms with Gasteiger partial charge in [0.1, 0.15) is 11.9 Å². The fourth-order valence-corrected chi connectivity index (χ4v) is 2.00. The summed E-state index contributed by atoms with van der Waals surface area (Å²) in [6.45, 7) is 3.60. The lowest BCUT2D eigenvalue weighted by molar-refractivity contribution is -0.118. The van der Waals surface area contributed by atoms with Crippen molar-refractivity contribution in [3.63, 3.8) is 0 Å². The summed E-state index contributed by atoms with van der Waals surface area (Å²) in [6.07, 6.45) is 0. The van der Waals surface area contributed by atoms with E-state index in [1.807, 2.05) is 31.2 Å². The summed E-state index contributed by atoms with van der Waals surface area (Å²) in [6, 6.07) is 11.5. The van der Waals surface area contributed by atoms with Crippen molar-refractivity contribution in [2.45, 2.75) is 19.9 Å². The third-order valence-electron chi connectivity index (χ3n) is 3.26. The van der Waals surface area contributed by atoms with E-state index in [1.165, 1.54) is 6.07 Å². The van der Waals surface area contributed by atoms with Gasteiger partial charge >= 0.3 is 0 Å². The van der Waals surface area contributed by atoms with Crippen LogP contribution in [0.15, 0.2) is 42.5 Å². The number of hydrogen-bond donors (Lipinski definition) is 2. The second-order valence-corrected chi connectivity index (χ2v) is 4.80. The van der Waals surface area contributed by atoms with Gasteiger partial charge in [0.2, 0.25) is 5.91 Å². The zero-order valence-electron chi connectivity index (χ0n) is 11.5. The maximum atomic E-state index is 13.6. The molecule has 2 aromatic rings. The number of aryl methyl sites for hydroxylation is 2. The van der Waals surface area contributed by atoms with E-state index < -0.39 is 11.9 Å². The molecule has 1 atom stereocenters. The van der Waals surface area contributed by atoms with Crippen LogP contribution in [-0.2, 0) is 4.79 Å². The van der Waals surface area contributed by atoms with Gasteiger partial charge in [0.05, 0.1) is 0 Å². The molecule has 0 spiro atoms. The molecule has 3 nitrogen and oxygen atoms in total. The molecule has 2 aromatic carbocycles. The number of carbonyl (C=O) groups is 1. The molecule has 0 aliphatic heterocycles. The number of benzene rings is 2. The monoisotopic (exact) mass is 272 g/mol. The Morgan fingerprint density at radius 3 is 2.45 bits per heavy atom. The number of nitrogens with two attached hydrogens (primary N) is 1. The van der Waals surface area contributed by atoms with E-state index in [0.29, 0.717) is 11.1 Å². The van der Waals surface area contributed by atoms with Gasteiger partial charge < -0.3 is 11.1 Å². The minimum Gasteiger partial charge on any atom is -0.370 e. The molecule has 0 bridgehead atoms. The number of anilines is 1. The zero-order valence-corrected chi connectivity index (χ0v) is 11.5. The number of carbonyl (C=O) groups excluding carboxylic acids is 1. The van der Waals surface area contributed by atoms with Gasteiger partial charge in [-0.25, -0.2) is 4.39 Å². The summed E-state index contributed by atoms with van der Waals surface area (Å²) in [5.41, 5.74) is 8.28. The molecule has 1 amide bonds. The van der Waals surface area contributed by atoms with Crippen LogP contribution in [0.4, 0.5) is 10.1 Å². The number of nitrogens with one attached hydrogen (secondary N) is 1. The smallest absolute Gasteiger partial charge is 0.244 e. The lowest BCUT2D eigenvalue weighted by atomic mass is 10.0. The normalized spacial score (nSPS) is 11.9. The van der Waals surface area contributed by atoms with Gasteiger partial charge in [0, 0.05) is 5.69 Å². The standard InChI is InChI=1S/C16H17FN2O/c1-10-7-8-12(9-13(10)17)15(16(18)20)19-14-6-4-3-5-11(14)2/h3-9,15,19H,1-2H3,(H2,18,20). The number of primary amides is 1. The Hall–Kier alpha value is -2.36. The van der Waals surface area contributed by atoms with Crippen molar-refractivity contribution in [1.82, 2.24) is 0 Å². The van der Waals surface area contributed by atoms with Crippen molar-refractivity contribution in [2.75, 3.05) is 5.32 Å². The molecule has 2 rings (SSSR count). The topological polar surface area (TPSA) is 55.1 Å². The molecular weight excluding hydrogens is 255 g/mol. The molecule has 0 radical (unpaired) electrons. The second-order valence-electron chi connectivity index (χ2n) is 4.80.